The van der Waals surface area contributed by atoms with Gasteiger partial charge in [0.2, 0.25) is 0 Å². The predicted molar refractivity (Wildman–Crippen MR) is 65.6 cm³/mol. The van der Waals surface area contributed by atoms with Gasteiger partial charge in [0, 0.05) is 12.1 Å². The molecule has 0 aliphatic rings. The Morgan fingerprint density at radius 2 is 1.36 bits per heavy atom. The molecule has 0 aromatic heterocycles. The van der Waals surface area contributed by atoms with Gasteiger partial charge in [0.15, 0.2) is 0 Å². The zero-order valence-corrected chi connectivity index (χ0v) is 11.2. The lowest BCUT2D eigenvalue weighted by molar-refractivity contribution is 0.176. The van der Waals surface area contributed by atoms with Crippen molar-refractivity contribution in [2.24, 2.45) is 11.3 Å². The standard InChI is InChI=1S/C13H29N/c1-8-11(9-2)13(6,7)10-14-12(3,4)5/h11,14H,8-10H2,1-7H3. The number of hydrogen-bond donors (Lipinski definition) is 1. The molecule has 0 atom stereocenters. The summed E-state index contributed by atoms with van der Waals surface area (Å²) in [7, 11) is 0. The average molecular weight is 199 g/mol. The second-order valence-electron chi connectivity index (χ2n) is 6.11. The summed E-state index contributed by atoms with van der Waals surface area (Å²) in [5, 5.41) is 3.61. The van der Waals surface area contributed by atoms with Gasteiger partial charge in [-0.15, -0.1) is 0 Å². The first kappa shape index (κ1) is 14.0. The van der Waals surface area contributed by atoms with Crippen LogP contribution in [0.4, 0.5) is 0 Å². The summed E-state index contributed by atoms with van der Waals surface area (Å²) in [6.07, 6.45) is 2.57. The third kappa shape index (κ3) is 4.99. The molecule has 0 radical (unpaired) electrons. The zero-order chi connectivity index (χ0) is 11.4. The monoisotopic (exact) mass is 199 g/mol. The van der Waals surface area contributed by atoms with Crippen molar-refractivity contribution in [3.05, 3.63) is 0 Å². The number of hydrogen-bond acceptors (Lipinski definition) is 1. The largest absolute Gasteiger partial charge is 0.312 e. The minimum Gasteiger partial charge on any atom is -0.312 e. The van der Waals surface area contributed by atoms with Gasteiger partial charge < -0.3 is 5.32 Å². The van der Waals surface area contributed by atoms with E-state index in [9.17, 15) is 0 Å². The molecule has 1 nitrogen and oxygen atoms in total. The van der Waals surface area contributed by atoms with Crippen molar-refractivity contribution in [3.8, 4) is 0 Å². The van der Waals surface area contributed by atoms with Crippen molar-refractivity contribution in [2.45, 2.75) is 66.8 Å². The highest BCUT2D eigenvalue weighted by Crippen LogP contribution is 2.31. The van der Waals surface area contributed by atoms with Crippen molar-refractivity contribution >= 4 is 0 Å². The van der Waals surface area contributed by atoms with Crippen LogP contribution in [0.25, 0.3) is 0 Å². The first-order valence-electron chi connectivity index (χ1n) is 5.98. The van der Waals surface area contributed by atoms with Crippen molar-refractivity contribution in [2.75, 3.05) is 6.54 Å². The van der Waals surface area contributed by atoms with Crippen LogP contribution < -0.4 is 5.32 Å². The van der Waals surface area contributed by atoms with E-state index < -0.39 is 0 Å². The highest BCUT2D eigenvalue weighted by atomic mass is 15.0. The van der Waals surface area contributed by atoms with E-state index in [-0.39, 0.29) is 5.54 Å². The van der Waals surface area contributed by atoms with E-state index in [1.807, 2.05) is 0 Å². The van der Waals surface area contributed by atoms with Crippen molar-refractivity contribution < 1.29 is 0 Å². The Morgan fingerprint density at radius 3 is 1.64 bits per heavy atom. The van der Waals surface area contributed by atoms with E-state index in [0.717, 1.165) is 12.5 Å². The Kier molecular flexibility index (Phi) is 5.14. The zero-order valence-electron chi connectivity index (χ0n) is 11.2. The Bertz CT molecular complexity index is 149. The van der Waals surface area contributed by atoms with Gasteiger partial charge in [-0.3, -0.25) is 0 Å². The molecule has 0 saturated carbocycles. The molecule has 0 amide bonds. The highest BCUT2D eigenvalue weighted by molar-refractivity contribution is 4.82. The molecule has 0 aromatic rings. The van der Waals surface area contributed by atoms with Gasteiger partial charge >= 0.3 is 0 Å². The van der Waals surface area contributed by atoms with Gasteiger partial charge in [-0.1, -0.05) is 40.5 Å². The van der Waals surface area contributed by atoms with Crippen LogP contribution in [0.3, 0.4) is 0 Å². The SMILES string of the molecule is CCC(CC)C(C)(C)CNC(C)(C)C. The summed E-state index contributed by atoms with van der Waals surface area (Å²) in [4.78, 5) is 0. The van der Waals surface area contributed by atoms with E-state index in [2.05, 4.69) is 53.8 Å². The third-order valence-corrected chi connectivity index (χ3v) is 3.17. The first-order chi connectivity index (χ1) is 6.23. The maximum absolute atomic E-state index is 3.61. The van der Waals surface area contributed by atoms with Crippen molar-refractivity contribution in [1.82, 2.24) is 5.32 Å². The molecule has 0 unspecified atom stereocenters. The first-order valence-corrected chi connectivity index (χ1v) is 5.98. The molecule has 0 aliphatic carbocycles. The summed E-state index contributed by atoms with van der Waals surface area (Å²) in [6.45, 7) is 17.2. The Balaban J connectivity index is 4.18. The summed E-state index contributed by atoms with van der Waals surface area (Å²) in [5.41, 5.74) is 0.653. The predicted octanol–water partition coefficient (Wildman–Crippen LogP) is 3.84. The maximum Gasteiger partial charge on any atom is 0.00967 e. The van der Waals surface area contributed by atoms with Crippen molar-refractivity contribution in [3.63, 3.8) is 0 Å². The van der Waals surface area contributed by atoms with E-state index in [0.29, 0.717) is 5.41 Å². The van der Waals surface area contributed by atoms with Gasteiger partial charge in [0.05, 0.1) is 0 Å². The van der Waals surface area contributed by atoms with Crippen LogP contribution in [0.5, 0.6) is 0 Å². The highest BCUT2D eigenvalue weighted by Gasteiger charge is 2.27. The molecule has 0 spiro atoms. The molecule has 0 heterocycles. The lowest BCUT2D eigenvalue weighted by atomic mass is 9.75. The van der Waals surface area contributed by atoms with Gasteiger partial charge in [-0.05, 0) is 32.1 Å². The number of rotatable bonds is 5. The molecule has 0 saturated heterocycles. The Labute approximate surface area is 90.7 Å². The molecule has 0 aliphatic heterocycles. The van der Waals surface area contributed by atoms with Gasteiger partial charge in [0.1, 0.15) is 0 Å². The average Bonchev–Trinajstić information content (AvgIpc) is 2.02. The van der Waals surface area contributed by atoms with Crippen LogP contribution in [0.15, 0.2) is 0 Å². The van der Waals surface area contributed by atoms with Crippen LogP contribution in [0.2, 0.25) is 0 Å². The molecule has 14 heavy (non-hydrogen) atoms. The van der Waals surface area contributed by atoms with Gasteiger partial charge in [-0.2, -0.15) is 0 Å². The summed E-state index contributed by atoms with van der Waals surface area (Å²) in [6, 6.07) is 0. The quantitative estimate of drug-likeness (QED) is 0.709. The van der Waals surface area contributed by atoms with Crippen molar-refractivity contribution in [1.29, 1.82) is 0 Å². The van der Waals surface area contributed by atoms with Crippen LogP contribution in [0.1, 0.15) is 61.3 Å². The molecule has 0 bridgehead atoms. The van der Waals surface area contributed by atoms with E-state index in [1.54, 1.807) is 0 Å². The van der Waals surface area contributed by atoms with E-state index in [4.69, 9.17) is 0 Å². The molecule has 1 heteroatoms. The molecule has 86 valence electrons. The number of nitrogens with one attached hydrogen (secondary N) is 1. The topological polar surface area (TPSA) is 12.0 Å². The molecule has 0 aromatic carbocycles. The maximum atomic E-state index is 3.61. The third-order valence-electron chi connectivity index (χ3n) is 3.17. The molecular formula is C13H29N. The minimum atomic E-state index is 0.239. The molecular weight excluding hydrogens is 170 g/mol. The fourth-order valence-corrected chi connectivity index (χ4v) is 2.03. The van der Waals surface area contributed by atoms with E-state index in [1.165, 1.54) is 12.8 Å². The minimum absolute atomic E-state index is 0.239. The van der Waals surface area contributed by atoms with Crippen LogP contribution in [-0.2, 0) is 0 Å². The smallest absolute Gasteiger partial charge is 0.00967 e. The van der Waals surface area contributed by atoms with E-state index >= 15 is 0 Å². The molecule has 0 fully saturated rings. The van der Waals surface area contributed by atoms with Gasteiger partial charge in [-0.25, -0.2) is 0 Å². The normalized spacial score (nSPS) is 13.7. The molecule has 0 rings (SSSR count). The van der Waals surface area contributed by atoms with Crippen LogP contribution in [-0.4, -0.2) is 12.1 Å². The Morgan fingerprint density at radius 1 is 0.929 bits per heavy atom. The van der Waals surface area contributed by atoms with Crippen LogP contribution >= 0.6 is 0 Å². The summed E-state index contributed by atoms with van der Waals surface area (Å²) >= 11 is 0. The Hall–Kier alpha value is -0.0400. The second kappa shape index (κ2) is 5.16. The lowest BCUT2D eigenvalue weighted by Crippen LogP contribution is -2.44. The second-order valence-corrected chi connectivity index (χ2v) is 6.11. The fourth-order valence-electron chi connectivity index (χ4n) is 2.03. The summed E-state index contributed by atoms with van der Waals surface area (Å²) in [5.74, 6) is 0.831. The fraction of sp³-hybridized carbons (Fsp3) is 1.00. The van der Waals surface area contributed by atoms with Crippen LogP contribution in [0, 0.1) is 11.3 Å². The summed E-state index contributed by atoms with van der Waals surface area (Å²) < 4.78 is 0. The van der Waals surface area contributed by atoms with Gasteiger partial charge in [0.25, 0.3) is 0 Å². The lowest BCUT2D eigenvalue weighted by Gasteiger charge is -2.36. The molecule has 1 N–H and O–H groups in total.